The maximum Gasteiger partial charge on any atom is 0.0626 e. The zero-order chi connectivity index (χ0) is 30.5. The molecule has 46 heavy (non-hydrogen) atoms. The maximum absolute atomic E-state index is 2.48. The molecule has 0 aliphatic carbocycles. The Labute approximate surface area is 268 Å². The molecule has 0 saturated carbocycles. The van der Waals surface area contributed by atoms with Crippen LogP contribution in [0.2, 0.25) is 0 Å². The molecule has 9 aromatic rings. The SMILES string of the molecule is c1ccc(-c2c3ccccc3cc3c4c5ccccc5ccc4n(-c4ccc(N(c5ccccc5)c5ccccc5)cc4)c23)cc1. The van der Waals surface area contributed by atoms with Crippen LogP contribution in [0.3, 0.4) is 0 Å². The minimum absolute atomic E-state index is 1.11. The van der Waals surface area contributed by atoms with Crippen LogP contribution in [0, 0.1) is 0 Å². The zero-order valence-corrected chi connectivity index (χ0v) is 25.2. The summed E-state index contributed by atoms with van der Waals surface area (Å²) in [5, 5.41) is 7.58. The van der Waals surface area contributed by atoms with E-state index in [9.17, 15) is 0 Å². The molecular formula is C44H30N2. The second-order valence-corrected chi connectivity index (χ2v) is 11.8. The molecule has 0 N–H and O–H groups in total. The second kappa shape index (κ2) is 10.8. The molecule has 0 aliphatic rings. The van der Waals surface area contributed by atoms with Gasteiger partial charge in [0.05, 0.1) is 11.0 Å². The molecule has 0 aliphatic heterocycles. The summed E-state index contributed by atoms with van der Waals surface area (Å²) in [7, 11) is 0. The molecule has 2 heteroatoms. The third-order valence-electron chi connectivity index (χ3n) is 9.12. The number of fused-ring (bicyclic) bond motifs is 6. The lowest BCUT2D eigenvalue weighted by molar-refractivity contribution is 1.18. The lowest BCUT2D eigenvalue weighted by Crippen LogP contribution is -2.09. The Kier molecular flexibility index (Phi) is 6.17. The van der Waals surface area contributed by atoms with Crippen molar-refractivity contribution < 1.29 is 0 Å². The van der Waals surface area contributed by atoms with Crippen LogP contribution in [0.25, 0.3) is 60.2 Å². The molecule has 0 amide bonds. The summed E-state index contributed by atoms with van der Waals surface area (Å²) in [6, 6.07) is 65.6. The maximum atomic E-state index is 2.48. The van der Waals surface area contributed by atoms with Crippen LogP contribution in [0.1, 0.15) is 0 Å². The first-order valence-corrected chi connectivity index (χ1v) is 15.8. The molecule has 0 spiro atoms. The molecule has 1 aromatic heterocycles. The van der Waals surface area contributed by atoms with Gasteiger partial charge in [-0.1, -0.05) is 121 Å². The molecule has 9 rings (SSSR count). The molecule has 8 aromatic carbocycles. The van der Waals surface area contributed by atoms with Crippen LogP contribution >= 0.6 is 0 Å². The van der Waals surface area contributed by atoms with E-state index >= 15 is 0 Å². The highest BCUT2D eigenvalue weighted by atomic mass is 15.1. The monoisotopic (exact) mass is 586 g/mol. The van der Waals surface area contributed by atoms with Crippen LogP contribution in [-0.4, -0.2) is 4.57 Å². The Morgan fingerprint density at radius 2 is 0.935 bits per heavy atom. The molecule has 1 heterocycles. The van der Waals surface area contributed by atoms with Gasteiger partial charge in [-0.25, -0.2) is 0 Å². The van der Waals surface area contributed by atoms with E-state index in [4.69, 9.17) is 0 Å². The Bertz CT molecular complexity index is 2460. The molecule has 216 valence electrons. The summed E-state index contributed by atoms with van der Waals surface area (Å²) in [4.78, 5) is 2.31. The molecule has 2 nitrogen and oxygen atoms in total. The molecule has 0 saturated heterocycles. The first-order valence-electron chi connectivity index (χ1n) is 15.8. The van der Waals surface area contributed by atoms with E-state index < -0.39 is 0 Å². The number of hydrogen-bond acceptors (Lipinski definition) is 1. The highest BCUT2D eigenvalue weighted by Crippen LogP contribution is 2.45. The van der Waals surface area contributed by atoms with E-state index in [1.165, 1.54) is 54.5 Å². The van der Waals surface area contributed by atoms with Crippen molar-refractivity contribution in [3.63, 3.8) is 0 Å². The first kappa shape index (κ1) is 26.3. The molecule has 0 unspecified atom stereocenters. The summed E-state index contributed by atoms with van der Waals surface area (Å²) >= 11 is 0. The number of anilines is 3. The predicted molar refractivity (Wildman–Crippen MR) is 196 cm³/mol. The normalized spacial score (nSPS) is 11.5. The van der Waals surface area contributed by atoms with Gasteiger partial charge in [-0.2, -0.15) is 0 Å². The lowest BCUT2D eigenvalue weighted by atomic mass is 9.94. The van der Waals surface area contributed by atoms with Gasteiger partial charge in [-0.15, -0.1) is 0 Å². The van der Waals surface area contributed by atoms with Crippen LogP contribution in [0.4, 0.5) is 17.1 Å². The minimum Gasteiger partial charge on any atom is -0.311 e. The standard InChI is InChI=1S/C44H30N2/c1-4-15-32(16-5-1)42-39-23-13-11-17-33(39)30-40-43-38-22-12-10-14-31(38)24-29-41(43)46(44(40)42)37-27-25-36(26-28-37)45(34-18-6-2-7-19-34)35-20-8-3-9-21-35/h1-30H. The fraction of sp³-hybridized carbons (Fsp3) is 0. The number of rotatable bonds is 5. The van der Waals surface area contributed by atoms with E-state index in [0.29, 0.717) is 0 Å². The Morgan fingerprint density at radius 3 is 1.61 bits per heavy atom. The summed E-state index contributed by atoms with van der Waals surface area (Å²) in [6.45, 7) is 0. The van der Waals surface area contributed by atoms with Crippen molar-refractivity contribution >= 4 is 60.4 Å². The lowest BCUT2D eigenvalue weighted by Gasteiger charge is -2.25. The van der Waals surface area contributed by atoms with E-state index in [1.54, 1.807) is 0 Å². The van der Waals surface area contributed by atoms with E-state index in [0.717, 1.165) is 22.7 Å². The van der Waals surface area contributed by atoms with Crippen LogP contribution in [0.15, 0.2) is 182 Å². The predicted octanol–water partition coefficient (Wildman–Crippen LogP) is 12.2. The molecule has 0 fully saturated rings. The van der Waals surface area contributed by atoms with Crippen molar-refractivity contribution in [2.24, 2.45) is 0 Å². The topological polar surface area (TPSA) is 8.17 Å². The van der Waals surface area contributed by atoms with Crippen molar-refractivity contribution in [3.05, 3.63) is 182 Å². The molecule has 0 radical (unpaired) electrons. The number of aromatic nitrogens is 1. The highest BCUT2D eigenvalue weighted by molar-refractivity contribution is 6.27. The van der Waals surface area contributed by atoms with E-state index in [1.807, 2.05) is 0 Å². The summed E-state index contributed by atoms with van der Waals surface area (Å²) in [5.41, 5.74) is 9.41. The molecular weight excluding hydrogens is 556 g/mol. The van der Waals surface area contributed by atoms with Crippen LogP contribution in [0.5, 0.6) is 0 Å². The highest BCUT2D eigenvalue weighted by Gasteiger charge is 2.21. The molecule has 0 bridgehead atoms. The third-order valence-corrected chi connectivity index (χ3v) is 9.12. The number of hydrogen-bond donors (Lipinski definition) is 0. The van der Waals surface area contributed by atoms with Gasteiger partial charge in [0.2, 0.25) is 0 Å². The quantitative estimate of drug-likeness (QED) is 0.195. The zero-order valence-electron chi connectivity index (χ0n) is 25.2. The van der Waals surface area contributed by atoms with Crippen molar-refractivity contribution in [3.8, 4) is 16.8 Å². The van der Waals surface area contributed by atoms with Crippen molar-refractivity contribution in [2.45, 2.75) is 0 Å². The average molecular weight is 587 g/mol. The fourth-order valence-corrected chi connectivity index (χ4v) is 7.13. The van der Waals surface area contributed by atoms with Crippen molar-refractivity contribution in [1.29, 1.82) is 0 Å². The second-order valence-electron chi connectivity index (χ2n) is 11.8. The minimum atomic E-state index is 1.11. The summed E-state index contributed by atoms with van der Waals surface area (Å²) in [6.07, 6.45) is 0. The number of benzene rings is 8. The Hall–Kier alpha value is -6.12. The van der Waals surface area contributed by atoms with E-state index in [2.05, 4.69) is 191 Å². The van der Waals surface area contributed by atoms with Gasteiger partial charge in [0.15, 0.2) is 0 Å². The number of nitrogens with zero attached hydrogens (tertiary/aromatic N) is 2. The van der Waals surface area contributed by atoms with Crippen LogP contribution in [-0.2, 0) is 0 Å². The van der Waals surface area contributed by atoms with Gasteiger partial charge in [0, 0.05) is 39.1 Å². The van der Waals surface area contributed by atoms with Gasteiger partial charge >= 0.3 is 0 Å². The molecule has 0 atom stereocenters. The summed E-state index contributed by atoms with van der Waals surface area (Å²) < 4.78 is 2.48. The van der Waals surface area contributed by atoms with Gasteiger partial charge in [0.25, 0.3) is 0 Å². The summed E-state index contributed by atoms with van der Waals surface area (Å²) in [5.74, 6) is 0. The third kappa shape index (κ3) is 4.19. The van der Waals surface area contributed by atoms with E-state index in [-0.39, 0.29) is 0 Å². The first-order chi connectivity index (χ1) is 22.8. The average Bonchev–Trinajstić information content (AvgIpc) is 3.46. The van der Waals surface area contributed by atoms with Gasteiger partial charge in [-0.3, -0.25) is 0 Å². The van der Waals surface area contributed by atoms with Crippen molar-refractivity contribution in [1.82, 2.24) is 4.57 Å². The largest absolute Gasteiger partial charge is 0.311 e. The Morgan fingerprint density at radius 1 is 0.391 bits per heavy atom. The van der Waals surface area contributed by atoms with Gasteiger partial charge in [0.1, 0.15) is 0 Å². The van der Waals surface area contributed by atoms with Gasteiger partial charge < -0.3 is 9.47 Å². The fourth-order valence-electron chi connectivity index (χ4n) is 7.13. The number of para-hydroxylation sites is 2. The van der Waals surface area contributed by atoms with Crippen molar-refractivity contribution in [2.75, 3.05) is 4.90 Å². The van der Waals surface area contributed by atoms with Crippen LogP contribution < -0.4 is 4.90 Å². The van der Waals surface area contributed by atoms with Gasteiger partial charge in [-0.05, 0) is 87.8 Å². The smallest absolute Gasteiger partial charge is 0.0626 e. The Balaban J connectivity index is 1.36.